The Hall–Kier alpha value is -13.9. The van der Waals surface area contributed by atoms with Gasteiger partial charge < -0.3 is 58.1 Å². The van der Waals surface area contributed by atoms with Gasteiger partial charge in [0.1, 0.15) is 22.7 Å². The summed E-state index contributed by atoms with van der Waals surface area (Å²) in [4.78, 5) is 104. The molecule has 642 valence electrons. The van der Waals surface area contributed by atoms with Crippen molar-refractivity contribution in [3.05, 3.63) is 329 Å². The number of allylic oxidation sites excluding steroid dienone is 1. The number of aromatic nitrogens is 7. The number of phenols is 1. The number of methoxy groups -OCH3 is 3. The van der Waals surface area contributed by atoms with Crippen LogP contribution in [0.4, 0.5) is 21.5 Å². The molecular weight excluding hydrogens is 1720 g/mol. The van der Waals surface area contributed by atoms with Gasteiger partial charge >= 0.3 is 11.9 Å². The number of phenolic OH excluding ortho intramolecular Hbond substituents is 1. The van der Waals surface area contributed by atoms with E-state index >= 15 is 0 Å². The van der Waals surface area contributed by atoms with Gasteiger partial charge in [0.05, 0.1) is 78.6 Å². The van der Waals surface area contributed by atoms with Crippen LogP contribution in [0, 0.1) is 26.6 Å². The second-order valence-corrected chi connectivity index (χ2v) is 31.8. The first-order chi connectivity index (χ1) is 60.6. The van der Waals surface area contributed by atoms with E-state index in [0.29, 0.717) is 125 Å². The van der Waals surface area contributed by atoms with E-state index in [-0.39, 0.29) is 64.1 Å². The Morgan fingerprint density at radius 1 is 0.667 bits per heavy atom. The number of halogens is 5. The number of carbonyl (C=O) groups excluding carboxylic acids is 4. The standard InChI is InChI=1S/C22H14Cl2N2O4.C21H21ClN2O5S.C19H17ClN4O.C19H16N2O3.C13H12FNO2/c23-13-3-8-16(17(24)12-13)18-9-10-20(30-18)22(28)26-15-6-4-14(5-7-15)25-21(27)19-2-1-11-29-19;1-28-16-8-3-13(11-17(16)29-2)9-10-24-19(25)12-18(20(26)27)30-21(24)23-15-6-4-14(22)5-7-15;1-11-6-12(2)23-19(22-11)24-17-8-14(9-18(25)16(17)10-21-24)13-4-3-5-15(20)7-13;1-24-17-11-12(6-7-16(17)22)10-13-8-9-21-15-5-3-2-4-14(15)19(23)20-18(13)21;1-8-11(13(16)17)7-12(15(8)2)9-3-5-10(14)6-4-9/h1-12H,(H,25,27)(H,26,28);3-8,11,18H,9-10,12H2,1-2H3,(H,26,27);3-7,10,14H,8-9H2,1-2H3;2-7,10-11,22H,8-9H2,1H3;3-7H,1-2H3,(H,16,17)/b;;;13-10+;. The zero-order valence-corrected chi connectivity index (χ0v) is 72.4. The molecule has 2 unspecified atom stereocenters. The number of aliphatic imine (C=N–C) groups is 1. The summed E-state index contributed by atoms with van der Waals surface area (Å²) in [6.07, 6.45) is 7.49. The van der Waals surface area contributed by atoms with Crippen molar-refractivity contribution >= 4 is 138 Å². The van der Waals surface area contributed by atoms with Gasteiger partial charge in [-0.05, 0) is 256 Å². The highest BCUT2D eigenvalue weighted by Gasteiger charge is 2.37. The fourth-order valence-electron chi connectivity index (χ4n) is 14.1. The van der Waals surface area contributed by atoms with E-state index in [0.717, 1.165) is 80.8 Å². The van der Waals surface area contributed by atoms with Gasteiger partial charge in [-0.25, -0.2) is 28.8 Å². The zero-order chi connectivity index (χ0) is 89.6. The lowest BCUT2D eigenvalue weighted by Gasteiger charge is -2.30. The van der Waals surface area contributed by atoms with Gasteiger partial charge in [0.2, 0.25) is 5.91 Å². The van der Waals surface area contributed by atoms with Crippen LogP contribution in [-0.4, -0.2) is 128 Å². The molecule has 17 rings (SSSR count). The number of aryl methyl sites for hydroxylation is 3. The smallest absolute Gasteiger partial charge is 0.337 e. The highest BCUT2D eigenvalue weighted by molar-refractivity contribution is 8.15. The van der Waals surface area contributed by atoms with Crippen molar-refractivity contribution in [2.45, 2.75) is 70.6 Å². The van der Waals surface area contributed by atoms with E-state index in [4.69, 9.17) is 74.6 Å². The first-order valence-electron chi connectivity index (χ1n) is 39.1. The third-order valence-electron chi connectivity index (χ3n) is 20.5. The molecule has 2 atom stereocenters. The number of aromatic hydroxyl groups is 1. The summed E-state index contributed by atoms with van der Waals surface area (Å²) in [6, 6.07) is 60.4. The van der Waals surface area contributed by atoms with E-state index in [1.54, 1.807) is 165 Å². The Kier molecular flexibility index (Phi) is 29.0. The van der Waals surface area contributed by atoms with Crippen molar-refractivity contribution < 1.29 is 71.5 Å². The van der Waals surface area contributed by atoms with Crippen LogP contribution in [0.1, 0.15) is 112 Å². The first-order valence-corrected chi connectivity index (χ1v) is 41.5. The molecule has 0 bridgehead atoms. The third kappa shape index (κ3) is 21.8. The molecule has 2 aliphatic heterocycles. The molecule has 0 spiro atoms. The summed E-state index contributed by atoms with van der Waals surface area (Å²) < 4.78 is 44.8. The number of ketones is 1. The van der Waals surface area contributed by atoms with E-state index in [2.05, 4.69) is 40.2 Å². The minimum absolute atomic E-state index is 0.0778. The van der Waals surface area contributed by atoms with Crippen LogP contribution in [0.3, 0.4) is 0 Å². The maximum atomic E-state index is 12.8. The van der Waals surface area contributed by atoms with Crippen molar-refractivity contribution in [1.82, 2.24) is 38.8 Å². The summed E-state index contributed by atoms with van der Waals surface area (Å²) >= 11 is 25.2. The lowest BCUT2D eigenvalue weighted by atomic mass is 9.82. The molecule has 26 nitrogen and oxygen atoms in total. The molecule has 14 aromatic rings. The summed E-state index contributed by atoms with van der Waals surface area (Å²) in [5, 5.41) is 40.3. The Bertz CT molecular complexity index is 6530. The summed E-state index contributed by atoms with van der Waals surface area (Å²) in [5.74, 6) is 0.625. The molecule has 8 heterocycles. The number of Topliss-reactive ketones (excluding diaryl/α,β-unsaturated/α-hetero) is 1. The molecule has 1 aliphatic carbocycles. The second-order valence-electron chi connectivity index (χ2n) is 28.9. The average molecular weight is 1800 g/mol. The van der Waals surface area contributed by atoms with Crippen molar-refractivity contribution in [2.75, 3.05) is 38.5 Å². The molecule has 0 saturated carbocycles. The fourth-order valence-corrected chi connectivity index (χ4v) is 16.0. The Labute approximate surface area is 745 Å². The number of benzene rings is 8. The molecule has 6 aromatic heterocycles. The van der Waals surface area contributed by atoms with Crippen LogP contribution in [-0.2, 0) is 36.0 Å². The monoisotopic (exact) mass is 1790 g/mol. The number of ether oxygens (including phenoxy) is 3. The SMILES string of the molecule is COc1cc(/C=C2\CCn3c2nc(=O)c2ccccc23)ccc1O.COc1ccc(CCN2C(=O)CC(C(=O)O)SC2=Nc2ccc(Cl)cc2)cc1OC.Cc1c(C(=O)O)cc(-c2ccc(F)cc2)n1C.Cc1cc(C)nc(-n2ncc3c2CC(c2cccc(Cl)c2)CC3=O)n1.O=C(Nc1ccc(NC(=O)c2ccc(-c3ccc(Cl)cc3Cl)o2)cc1)c1ccco1. The summed E-state index contributed by atoms with van der Waals surface area (Å²) in [7, 11) is 6.44. The van der Waals surface area contributed by atoms with Gasteiger partial charge in [-0.1, -0.05) is 94.6 Å². The van der Waals surface area contributed by atoms with E-state index in [1.807, 2.05) is 98.8 Å². The Morgan fingerprint density at radius 2 is 1.36 bits per heavy atom. The van der Waals surface area contributed by atoms with Crippen LogP contribution >= 0.6 is 58.2 Å². The lowest BCUT2D eigenvalue weighted by molar-refractivity contribution is -0.139. The maximum Gasteiger partial charge on any atom is 0.337 e. The van der Waals surface area contributed by atoms with E-state index in [9.17, 15) is 48.2 Å². The van der Waals surface area contributed by atoms with Crippen molar-refractivity contribution in [2.24, 2.45) is 12.0 Å². The van der Waals surface area contributed by atoms with Crippen LogP contribution in [0.2, 0.25) is 20.1 Å². The average Bonchev–Trinajstić information content (AvgIpc) is 1.55. The number of amidine groups is 1. The van der Waals surface area contributed by atoms with Crippen LogP contribution < -0.4 is 30.4 Å². The second kappa shape index (κ2) is 40.6. The number of carboxylic acids is 2. The lowest BCUT2D eigenvalue weighted by Crippen LogP contribution is -2.44. The largest absolute Gasteiger partial charge is 0.504 e. The number of rotatable bonds is 18. The van der Waals surface area contributed by atoms with Gasteiger partial charge in [-0.2, -0.15) is 10.1 Å². The number of furan rings is 2. The number of fused-ring (bicyclic) bond motifs is 4. The zero-order valence-electron chi connectivity index (χ0n) is 68.6. The topological polar surface area (TPSA) is 340 Å². The number of para-hydroxylation sites is 1. The van der Waals surface area contributed by atoms with Gasteiger partial charge in [-0.3, -0.25) is 33.7 Å². The predicted molar refractivity (Wildman–Crippen MR) is 483 cm³/mol. The normalized spacial score (nSPS) is 14.4. The molecule has 8 aromatic carbocycles. The number of anilines is 2. The highest BCUT2D eigenvalue weighted by Crippen LogP contribution is 2.39. The summed E-state index contributed by atoms with van der Waals surface area (Å²) in [5.41, 5.74) is 12.8. The van der Waals surface area contributed by atoms with Crippen LogP contribution in [0.15, 0.2) is 243 Å². The highest BCUT2D eigenvalue weighted by atomic mass is 35.5. The number of aromatic carboxylic acids is 1. The molecule has 3 amide bonds. The number of carboxylic acid groups (broad SMARTS) is 2. The van der Waals surface area contributed by atoms with Crippen molar-refractivity contribution in [3.8, 4) is 51.5 Å². The molecule has 32 heteroatoms. The van der Waals surface area contributed by atoms with Crippen LogP contribution in [0.25, 0.3) is 51.1 Å². The fraction of sp³-hybridized carbons (Fsp3) is 0.170. The van der Waals surface area contributed by atoms with Crippen molar-refractivity contribution in [3.63, 3.8) is 0 Å². The van der Waals surface area contributed by atoms with Gasteiger partial charge in [0.25, 0.3) is 23.3 Å². The molecule has 5 N–H and O–H groups in total. The number of nitrogens with zero attached hydrogens (tertiary/aromatic N) is 9. The Morgan fingerprint density at radius 3 is 2.02 bits per heavy atom. The number of hydrogen-bond acceptors (Lipinski definition) is 19. The molecule has 1 saturated heterocycles. The quantitative estimate of drug-likeness (QED) is 0.0533. The third-order valence-corrected chi connectivity index (χ3v) is 22.7. The Balaban J connectivity index is 0.000000136. The van der Waals surface area contributed by atoms with Gasteiger partial charge in [-0.15, -0.1) is 0 Å². The molecule has 1 fully saturated rings. The number of nitrogens with one attached hydrogen (secondary N) is 2. The number of aliphatic carboxylic acids is 1. The van der Waals surface area contributed by atoms with Crippen molar-refractivity contribution in [1.29, 1.82) is 0 Å². The van der Waals surface area contributed by atoms with Crippen LogP contribution in [0.5, 0.6) is 23.0 Å². The molecule has 3 aliphatic rings. The van der Waals surface area contributed by atoms with E-state index in [1.165, 1.54) is 30.4 Å². The predicted octanol–water partition coefficient (Wildman–Crippen LogP) is 20.1. The first kappa shape index (κ1) is 89.8. The molecule has 0 radical (unpaired) electrons. The maximum absolute atomic E-state index is 12.8. The summed E-state index contributed by atoms with van der Waals surface area (Å²) in [6.45, 7) is 6.75. The number of hydrogen-bond donors (Lipinski definition) is 5. The number of amides is 3. The minimum atomic E-state index is -1.03. The number of thioether (sulfide) groups is 1. The van der Waals surface area contributed by atoms with E-state index < -0.39 is 23.1 Å². The van der Waals surface area contributed by atoms with Gasteiger partial charge in [0.15, 0.2) is 45.5 Å². The molecular formula is C94H80Cl4FN11O15S. The van der Waals surface area contributed by atoms with Gasteiger partial charge in [0, 0.05) is 81.3 Å². The molecule has 126 heavy (non-hydrogen) atoms. The number of carbonyl (C=O) groups is 6. The minimum Gasteiger partial charge on any atom is -0.504 e.